The number of thiazole rings is 1. The van der Waals surface area contributed by atoms with Gasteiger partial charge >= 0.3 is 6.03 Å². The van der Waals surface area contributed by atoms with Crippen LogP contribution in [0.15, 0.2) is 23.0 Å². The van der Waals surface area contributed by atoms with E-state index in [1.54, 1.807) is 22.7 Å². The van der Waals surface area contributed by atoms with E-state index in [1.165, 1.54) is 0 Å². The van der Waals surface area contributed by atoms with Crippen molar-refractivity contribution in [1.29, 1.82) is 0 Å². The molecule has 3 rings (SSSR count). The Kier molecular flexibility index (Phi) is 4.75. The topological polar surface area (TPSA) is 54.5 Å². The number of morpholine rings is 1. The first kappa shape index (κ1) is 15.5. The van der Waals surface area contributed by atoms with Crippen molar-refractivity contribution in [3.63, 3.8) is 0 Å². The van der Waals surface area contributed by atoms with Crippen LogP contribution in [0.5, 0.6) is 0 Å². The molecule has 2 atom stereocenters. The zero-order chi connectivity index (χ0) is 15.5. The largest absolute Gasteiger partial charge is 0.367 e. The van der Waals surface area contributed by atoms with Crippen molar-refractivity contribution in [2.75, 3.05) is 13.1 Å². The van der Waals surface area contributed by atoms with Gasteiger partial charge in [0, 0.05) is 17.6 Å². The molecule has 0 aromatic carbocycles. The Bertz CT molecular complexity index is 627. The van der Waals surface area contributed by atoms with Crippen LogP contribution < -0.4 is 5.32 Å². The van der Waals surface area contributed by atoms with Gasteiger partial charge in [-0.2, -0.15) is 11.3 Å². The smallest absolute Gasteiger partial charge is 0.317 e. The highest BCUT2D eigenvalue weighted by Gasteiger charge is 2.29. The fourth-order valence-electron chi connectivity index (χ4n) is 2.51. The number of aryl methyl sites for hydroxylation is 1. The second kappa shape index (κ2) is 6.76. The number of carbonyl (C=O) groups is 1. The standard InChI is InChI=1S/C15H19N3O2S2/c1-10-7-18(8-13(20-10)12-3-4-21-9-12)15(19)17-6-14-16-5-11(2)22-14/h3-5,9-10,13H,6-8H2,1-2H3,(H,17,19)/t10-,13+/m0/s1. The Morgan fingerprint density at radius 3 is 3.09 bits per heavy atom. The number of thiophene rings is 1. The third-order valence-electron chi connectivity index (χ3n) is 3.52. The minimum atomic E-state index is -0.0526. The number of rotatable bonds is 3. The van der Waals surface area contributed by atoms with Crippen LogP contribution in [0.25, 0.3) is 0 Å². The fourth-order valence-corrected chi connectivity index (χ4v) is 3.93. The van der Waals surface area contributed by atoms with E-state index in [1.807, 2.05) is 30.3 Å². The molecular formula is C15H19N3O2S2. The van der Waals surface area contributed by atoms with Crippen molar-refractivity contribution in [2.24, 2.45) is 0 Å². The van der Waals surface area contributed by atoms with E-state index in [9.17, 15) is 4.79 Å². The average Bonchev–Trinajstić information content (AvgIpc) is 3.15. The molecule has 3 heterocycles. The first-order chi connectivity index (χ1) is 10.6. The third kappa shape index (κ3) is 3.66. The Balaban J connectivity index is 1.59. The highest BCUT2D eigenvalue weighted by Crippen LogP contribution is 2.26. The quantitative estimate of drug-likeness (QED) is 0.936. The van der Waals surface area contributed by atoms with Gasteiger partial charge in [0.05, 0.1) is 19.2 Å². The minimum absolute atomic E-state index is 0.0338. The van der Waals surface area contributed by atoms with Gasteiger partial charge in [-0.25, -0.2) is 9.78 Å². The van der Waals surface area contributed by atoms with Crippen LogP contribution in [0.1, 0.15) is 28.5 Å². The van der Waals surface area contributed by atoms with E-state index < -0.39 is 0 Å². The maximum absolute atomic E-state index is 12.4. The van der Waals surface area contributed by atoms with Crippen LogP contribution in [0.3, 0.4) is 0 Å². The van der Waals surface area contributed by atoms with Gasteiger partial charge in [-0.15, -0.1) is 11.3 Å². The summed E-state index contributed by atoms with van der Waals surface area (Å²) in [6.07, 6.45) is 1.82. The molecule has 1 fully saturated rings. The van der Waals surface area contributed by atoms with Crippen LogP contribution in [0.2, 0.25) is 0 Å². The van der Waals surface area contributed by atoms with E-state index in [0.717, 1.165) is 15.4 Å². The first-order valence-corrected chi connectivity index (χ1v) is 8.99. The molecule has 0 aliphatic carbocycles. The Morgan fingerprint density at radius 1 is 1.55 bits per heavy atom. The van der Waals surface area contributed by atoms with Crippen molar-refractivity contribution in [1.82, 2.24) is 15.2 Å². The van der Waals surface area contributed by atoms with Gasteiger partial charge in [-0.3, -0.25) is 0 Å². The highest BCUT2D eigenvalue weighted by molar-refractivity contribution is 7.11. The zero-order valence-corrected chi connectivity index (χ0v) is 14.2. The van der Waals surface area contributed by atoms with Gasteiger partial charge in [-0.05, 0) is 36.2 Å². The van der Waals surface area contributed by atoms with E-state index in [4.69, 9.17) is 4.74 Å². The number of amides is 2. The van der Waals surface area contributed by atoms with E-state index >= 15 is 0 Å². The van der Waals surface area contributed by atoms with Gasteiger partial charge in [0.25, 0.3) is 0 Å². The molecule has 118 valence electrons. The van der Waals surface area contributed by atoms with Gasteiger partial charge in [-0.1, -0.05) is 0 Å². The van der Waals surface area contributed by atoms with Crippen LogP contribution in [-0.2, 0) is 11.3 Å². The lowest BCUT2D eigenvalue weighted by Gasteiger charge is -2.36. The second-order valence-electron chi connectivity index (χ2n) is 5.42. The number of urea groups is 1. The summed E-state index contributed by atoms with van der Waals surface area (Å²) in [4.78, 5) is 19.6. The number of aromatic nitrogens is 1. The van der Waals surface area contributed by atoms with Crippen molar-refractivity contribution in [3.05, 3.63) is 38.5 Å². The Labute approximate surface area is 137 Å². The lowest BCUT2D eigenvalue weighted by Crippen LogP contribution is -2.49. The summed E-state index contributed by atoms with van der Waals surface area (Å²) >= 11 is 3.26. The highest BCUT2D eigenvalue weighted by atomic mass is 32.1. The lowest BCUT2D eigenvalue weighted by atomic mass is 10.1. The third-order valence-corrected chi connectivity index (χ3v) is 5.14. The molecule has 1 aliphatic rings. The molecule has 5 nitrogen and oxygen atoms in total. The molecular weight excluding hydrogens is 318 g/mol. The molecule has 0 saturated carbocycles. The van der Waals surface area contributed by atoms with Crippen molar-refractivity contribution >= 4 is 28.7 Å². The minimum Gasteiger partial charge on any atom is -0.367 e. The predicted molar refractivity (Wildman–Crippen MR) is 88.3 cm³/mol. The van der Waals surface area contributed by atoms with Crippen molar-refractivity contribution in [2.45, 2.75) is 32.6 Å². The molecule has 2 aromatic rings. The number of nitrogens with one attached hydrogen (secondary N) is 1. The molecule has 0 radical (unpaired) electrons. The van der Waals surface area contributed by atoms with Gasteiger partial charge in [0.15, 0.2) is 0 Å². The summed E-state index contributed by atoms with van der Waals surface area (Å²) < 4.78 is 5.95. The molecule has 0 unspecified atom stereocenters. The monoisotopic (exact) mass is 337 g/mol. The summed E-state index contributed by atoms with van der Waals surface area (Å²) in [6.45, 7) is 5.69. The van der Waals surface area contributed by atoms with E-state index in [0.29, 0.717) is 19.6 Å². The number of hydrogen-bond donors (Lipinski definition) is 1. The summed E-state index contributed by atoms with van der Waals surface area (Å²) in [6, 6.07) is 2.00. The summed E-state index contributed by atoms with van der Waals surface area (Å²) in [5.41, 5.74) is 1.14. The summed E-state index contributed by atoms with van der Waals surface area (Å²) in [7, 11) is 0. The maximum Gasteiger partial charge on any atom is 0.317 e. The molecule has 2 amide bonds. The van der Waals surface area contributed by atoms with Crippen LogP contribution in [-0.4, -0.2) is 35.1 Å². The summed E-state index contributed by atoms with van der Waals surface area (Å²) in [5, 5.41) is 8.00. The maximum atomic E-state index is 12.4. The summed E-state index contributed by atoms with van der Waals surface area (Å²) in [5.74, 6) is 0. The molecule has 1 N–H and O–H groups in total. The average molecular weight is 337 g/mol. The molecule has 2 aromatic heterocycles. The van der Waals surface area contributed by atoms with Gasteiger partial charge in [0.1, 0.15) is 11.1 Å². The molecule has 1 saturated heterocycles. The van der Waals surface area contributed by atoms with E-state index in [-0.39, 0.29) is 18.2 Å². The first-order valence-electron chi connectivity index (χ1n) is 7.23. The molecule has 7 heteroatoms. The second-order valence-corrected chi connectivity index (χ2v) is 7.52. The number of carbonyl (C=O) groups excluding carboxylic acids is 1. The predicted octanol–water partition coefficient (Wildman–Crippen LogP) is 3.18. The Hall–Kier alpha value is -1.44. The van der Waals surface area contributed by atoms with E-state index in [2.05, 4.69) is 21.7 Å². The number of nitrogens with zero attached hydrogens (tertiary/aromatic N) is 2. The molecule has 22 heavy (non-hydrogen) atoms. The molecule has 0 spiro atoms. The van der Waals surface area contributed by atoms with Crippen LogP contribution in [0.4, 0.5) is 4.79 Å². The Morgan fingerprint density at radius 2 is 2.41 bits per heavy atom. The lowest BCUT2D eigenvalue weighted by molar-refractivity contribution is -0.0655. The number of ether oxygens (including phenoxy) is 1. The number of hydrogen-bond acceptors (Lipinski definition) is 5. The van der Waals surface area contributed by atoms with Gasteiger partial charge < -0.3 is 15.0 Å². The SMILES string of the molecule is Cc1cnc(CNC(=O)N2C[C@H](C)O[C@@H](c3ccsc3)C2)s1. The normalized spacial score (nSPS) is 21.8. The molecule has 0 bridgehead atoms. The molecule has 1 aliphatic heterocycles. The van der Waals surface area contributed by atoms with Gasteiger partial charge in [0.2, 0.25) is 0 Å². The van der Waals surface area contributed by atoms with Crippen molar-refractivity contribution < 1.29 is 9.53 Å². The zero-order valence-electron chi connectivity index (χ0n) is 12.6. The fraction of sp³-hybridized carbons (Fsp3) is 0.467. The van der Waals surface area contributed by atoms with Crippen LogP contribution in [0, 0.1) is 6.92 Å². The van der Waals surface area contributed by atoms with Crippen molar-refractivity contribution in [3.8, 4) is 0 Å². The van der Waals surface area contributed by atoms with Crippen LogP contribution >= 0.6 is 22.7 Å².